The second-order valence-electron chi connectivity index (χ2n) is 12.3. The highest BCUT2D eigenvalue weighted by Gasteiger charge is 2.38. The molecule has 1 aliphatic carbocycles. The smallest absolute Gasteiger partial charge is 0.0708 e. The second-order valence-corrected chi connectivity index (χ2v) is 12.3. The molecule has 0 amide bonds. The fourth-order valence-corrected chi connectivity index (χ4v) is 7.87. The van der Waals surface area contributed by atoms with E-state index in [9.17, 15) is 0 Å². The summed E-state index contributed by atoms with van der Waals surface area (Å²) in [6.45, 7) is 4.76. The number of aromatic nitrogens is 1. The molecule has 1 aliphatic rings. The van der Waals surface area contributed by atoms with Gasteiger partial charge in [0, 0.05) is 27.8 Å². The fraction of sp³-hybridized carbons (Fsp3) is 0.0714. The summed E-state index contributed by atoms with van der Waals surface area (Å²) in [5, 5.41) is 8.69. The first-order chi connectivity index (χ1) is 21.1. The van der Waals surface area contributed by atoms with Crippen LogP contribution in [-0.2, 0) is 5.41 Å². The van der Waals surface area contributed by atoms with Crippen LogP contribution >= 0.6 is 0 Å². The zero-order valence-electron chi connectivity index (χ0n) is 24.2. The van der Waals surface area contributed by atoms with Crippen molar-refractivity contribution in [1.29, 1.82) is 0 Å². The Labute approximate surface area is 251 Å². The lowest BCUT2D eigenvalue weighted by molar-refractivity contribution is 0.662. The number of nitrogens with zero attached hydrogens (tertiary/aromatic N) is 1. The molecule has 0 atom stereocenters. The first-order valence-corrected chi connectivity index (χ1v) is 15.1. The molecule has 1 aromatic heterocycles. The molecule has 0 saturated carbocycles. The summed E-state index contributed by atoms with van der Waals surface area (Å²) in [5.74, 6) is 0. The zero-order chi connectivity index (χ0) is 28.7. The van der Waals surface area contributed by atoms with E-state index in [1.807, 2.05) is 0 Å². The zero-order valence-corrected chi connectivity index (χ0v) is 24.2. The van der Waals surface area contributed by atoms with Gasteiger partial charge in [0.05, 0.1) is 5.52 Å². The minimum Gasteiger partial charge on any atom is -0.256 e. The maximum atomic E-state index is 5.07. The molecule has 1 nitrogen and oxygen atoms in total. The Bertz CT molecular complexity index is 2420. The van der Waals surface area contributed by atoms with Gasteiger partial charge in [-0.05, 0) is 72.1 Å². The third kappa shape index (κ3) is 3.31. The second kappa shape index (κ2) is 8.86. The SMILES string of the molecule is CC1(C)c2ccccc2-c2cccc(-c3c4ccccc4c(-c4cccc5ccccc45)c4c3cnc3ccccc34)c21. The summed E-state index contributed by atoms with van der Waals surface area (Å²) in [4.78, 5) is 5.07. The van der Waals surface area contributed by atoms with Gasteiger partial charge in [0.25, 0.3) is 0 Å². The lowest BCUT2D eigenvalue weighted by Crippen LogP contribution is -2.16. The van der Waals surface area contributed by atoms with E-state index in [0.29, 0.717) is 0 Å². The fourth-order valence-electron chi connectivity index (χ4n) is 7.87. The van der Waals surface area contributed by atoms with Gasteiger partial charge in [-0.15, -0.1) is 0 Å². The highest BCUT2D eigenvalue weighted by molar-refractivity contribution is 6.29. The van der Waals surface area contributed by atoms with Gasteiger partial charge in [-0.2, -0.15) is 0 Å². The van der Waals surface area contributed by atoms with Crippen LogP contribution in [0.3, 0.4) is 0 Å². The lowest BCUT2D eigenvalue weighted by atomic mass is 9.76. The molecular formula is C42H29N. The van der Waals surface area contributed by atoms with Crippen molar-refractivity contribution in [2.45, 2.75) is 19.3 Å². The number of fused-ring (bicyclic) bond motifs is 8. The first kappa shape index (κ1) is 24.3. The molecule has 43 heavy (non-hydrogen) atoms. The molecule has 8 aromatic rings. The molecular weight excluding hydrogens is 518 g/mol. The molecule has 0 saturated heterocycles. The predicted octanol–water partition coefficient (Wildman–Crippen LogP) is 11.3. The maximum absolute atomic E-state index is 5.07. The molecule has 1 heteroatoms. The van der Waals surface area contributed by atoms with Crippen LogP contribution in [0.15, 0.2) is 140 Å². The normalized spacial score (nSPS) is 13.5. The van der Waals surface area contributed by atoms with E-state index in [2.05, 4.69) is 154 Å². The Morgan fingerprint density at radius 2 is 1.02 bits per heavy atom. The molecule has 0 unspecified atom stereocenters. The standard InChI is InChI=1S/C42H29N/c1-42(2)36-23-9-7-16-28(36)32-21-12-22-34(41(32)42)38-30-17-5-6-18-31(30)39(29-20-11-14-26-13-3-4-15-27(26)29)40-33-19-8-10-24-37(33)43-25-35(38)40/h3-25H,1-2H3. The Kier molecular flexibility index (Phi) is 5.02. The summed E-state index contributed by atoms with van der Waals surface area (Å²) in [6, 6.07) is 48.8. The molecule has 0 fully saturated rings. The van der Waals surface area contributed by atoms with Crippen LogP contribution in [0.5, 0.6) is 0 Å². The van der Waals surface area contributed by atoms with Crippen molar-refractivity contribution in [1.82, 2.24) is 4.98 Å². The number of benzene rings is 7. The molecule has 0 radical (unpaired) electrons. The number of rotatable bonds is 2. The van der Waals surface area contributed by atoms with Gasteiger partial charge >= 0.3 is 0 Å². The van der Waals surface area contributed by atoms with E-state index < -0.39 is 0 Å². The van der Waals surface area contributed by atoms with Crippen LogP contribution in [0.25, 0.3) is 76.6 Å². The van der Waals surface area contributed by atoms with Crippen molar-refractivity contribution in [3.05, 3.63) is 151 Å². The molecule has 7 aromatic carbocycles. The van der Waals surface area contributed by atoms with Crippen molar-refractivity contribution >= 4 is 43.2 Å². The lowest BCUT2D eigenvalue weighted by Gasteiger charge is -2.26. The Morgan fingerprint density at radius 1 is 0.442 bits per heavy atom. The van der Waals surface area contributed by atoms with Crippen LogP contribution in [0.2, 0.25) is 0 Å². The minimum absolute atomic E-state index is 0.130. The van der Waals surface area contributed by atoms with Gasteiger partial charge in [-0.25, -0.2) is 0 Å². The van der Waals surface area contributed by atoms with Crippen LogP contribution in [0.4, 0.5) is 0 Å². The Balaban J connectivity index is 1.51. The van der Waals surface area contributed by atoms with E-state index in [1.165, 1.54) is 82.2 Å². The predicted molar refractivity (Wildman–Crippen MR) is 183 cm³/mol. The number of hydrogen-bond acceptors (Lipinski definition) is 1. The van der Waals surface area contributed by atoms with Gasteiger partial charge in [0.2, 0.25) is 0 Å². The van der Waals surface area contributed by atoms with Crippen LogP contribution < -0.4 is 0 Å². The molecule has 1 heterocycles. The summed E-state index contributed by atoms with van der Waals surface area (Å²) >= 11 is 0. The molecule has 0 bridgehead atoms. The van der Waals surface area contributed by atoms with Crippen molar-refractivity contribution in [3.8, 4) is 33.4 Å². The molecule has 0 N–H and O–H groups in total. The quantitative estimate of drug-likeness (QED) is 0.155. The van der Waals surface area contributed by atoms with Crippen molar-refractivity contribution in [3.63, 3.8) is 0 Å². The first-order valence-electron chi connectivity index (χ1n) is 15.1. The van der Waals surface area contributed by atoms with E-state index in [0.717, 1.165) is 5.52 Å². The Hall–Kier alpha value is -5.27. The van der Waals surface area contributed by atoms with Gasteiger partial charge in [0.1, 0.15) is 0 Å². The summed E-state index contributed by atoms with van der Waals surface area (Å²) in [5.41, 5.74) is 11.4. The van der Waals surface area contributed by atoms with E-state index in [-0.39, 0.29) is 5.41 Å². The van der Waals surface area contributed by atoms with Gasteiger partial charge in [-0.1, -0.05) is 141 Å². The van der Waals surface area contributed by atoms with E-state index >= 15 is 0 Å². The van der Waals surface area contributed by atoms with Gasteiger partial charge in [-0.3, -0.25) is 4.98 Å². The number of para-hydroxylation sites is 1. The largest absolute Gasteiger partial charge is 0.256 e. The summed E-state index contributed by atoms with van der Waals surface area (Å²) < 4.78 is 0. The molecule has 9 rings (SSSR count). The highest BCUT2D eigenvalue weighted by atomic mass is 14.7. The molecule has 202 valence electrons. The third-order valence-electron chi connectivity index (χ3n) is 9.67. The number of hydrogen-bond donors (Lipinski definition) is 0. The minimum atomic E-state index is -0.130. The topological polar surface area (TPSA) is 12.9 Å². The summed E-state index contributed by atoms with van der Waals surface area (Å²) in [7, 11) is 0. The monoisotopic (exact) mass is 547 g/mol. The average Bonchev–Trinajstić information content (AvgIpc) is 3.30. The van der Waals surface area contributed by atoms with Gasteiger partial charge < -0.3 is 0 Å². The number of pyridine rings is 1. The summed E-state index contributed by atoms with van der Waals surface area (Å²) in [6.07, 6.45) is 2.13. The van der Waals surface area contributed by atoms with E-state index in [4.69, 9.17) is 4.98 Å². The average molecular weight is 548 g/mol. The maximum Gasteiger partial charge on any atom is 0.0708 e. The van der Waals surface area contributed by atoms with Crippen LogP contribution in [0, 0.1) is 0 Å². The van der Waals surface area contributed by atoms with Crippen molar-refractivity contribution < 1.29 is 0 Å². The van der Waals surface area contributed by atoms with Crippen molar-refractivity contribution in [2.75, 3.05) is 0 Å². The van der Waals surface area contributed by atoms with Gasteiger partial charge in [0.15, 0.2) is 0 Å². The molecule has 0 aliphatic heterocycles. The highest BCUT2D eigenvalue weighted by Crippen LogP contribution is 2.55. The molecule has 0 spiro atoms. The Morgan fingerprint density at radius 3 is 1.88 bits per heavy atom. The van der Waals surface area contributed by atoms with Crippen LogP contribution in [-0.4, -0.2) is 4.98 Å². The van der Waals surface area contributed by atoms with Crippen molar-refractivity contribution in [2.24, 2.45) is 0 Å². The third-order valence-corrected chi connectivity index (χ3v) is 9.67. The van der Waals surface area contributed by atoms with Crippen LogP contribution in [0.1, 0.15) is 25.0 Å². The van der Waals surface area contributed by atoms with E-state index in [1.54, 1.807) is 0 Å².